The Morgan fingerprint density at radius 2 is 1.39 bits per heavy atom. The number of benzene rings is 2. The third-order valence-electron chi connectivity index (χ3n) is 5.10. The second-order valence-electron chi connectivity index (χ2n) is 7.21. The van der Waals surface area contributed by atoms with Crippen LogP contribution >= 0.6 is 0 Å². The molecule has 0 heterocycles. The lowest BCUT2D eigenvalue weighted by molar-refractivity contribution is -0.141. The van der Waals surface area contributed by atoms with E-state index >= 15 is 0 Å². The Morgan fingerprint density at radius 3 is 1.94 bits per heavy atom. The highest BCUT2D eigenvalue weighted by Gasteiger charge is 2.33. The lowest BCUT2D eigenvalue weighted by atomic mass is 9.75. The van der Waals surface area contributed by atoms with Gasteiger partial charge >= 0.3 is 11.9 Å². The Labute approximate surface area is 182 Å². The molecule has 2 rings (SSSR count). The molecule has 31 heavy (non-hydrogen) atoms. The maximum atomic E-state index is 12.9. The summed E-state index contributed by atoms with van der Waals surface area (Å²) in [4.78, 5) is 35.5. The van der Waals surface area contributed by atoms with Gasteiger partial charge in [0.05, 0.1) is 25.9 Å². The molecule has 166 valence electrons. The largest absolute Gasteiger partial charge is 0.496 e. The Morgan fingerprint density at radius 1 is 0.839 bits per heavy atom. The average Bonchev–Trinajstić information content (AvgIpc) is 2.77. The molecule has 0 aliphatic rings. The number of esters is 2. The summed E-state index contributed by atoms with van der Waals surface area (Å²) in [6.07, 6.45) is 0.897. The topological polar surface area (TPSA) is 90.9 Å². The number of amides is 1. The summed E-state index contributed by atoms with van der Waals surface area (Å²) in [5.74, 6) is -0.553. The molecular weight excluding hydrogens is 398 g/mol. The standard InChI is InChI=1S/C24H29NO6/c1-18(26)30-15-13-24(14-16-31-19(2)27,20-9-5-4-6-10-20)17-25-23(28)21-11-7-8-12-22(21)29-3/h4-12H,13-17H2,1-3H3,(H,25,28). The van der Waals surface area contributed by atoms with E-state index in [-0.39, 0.29) is 37.6 Å². The number of carbonyl (C=O) groups is 3. The zero-order valence-corrected chi connectivity index (χ0v) is 18.2. The van der Waals surface area contributed by atoms with Crippen molar-refractivity contribution in [1.29, 1.82) is 0 Å². The number of nitrogens with one attached hydrogen (secondary N) is 1. The van der Waals surface area contributed by atoms with Crippen molar-refractivity contribution in [2.45, 2.75) is 32.1 Å². The van der Waals surface area contributed by atoms with Crippen LogP contribution in [0.15, 0.2) is 54.6 Å². The minimum atomic E-state index is -0.607. The number of hydrogen-bond acceptors (Lipinski definition) is 6. The van der Waals surface area contributed by atoms with E-state index in [9.17, 15) is 14.4 Å². The lowest BCUT2D eigenvalue weighted by Gasteiger charge is -2.34. The average molecular weight is 427 g/mol. The van der Waals surface area contributed by atoms with Crippen LogP contribution in [0.3, 0.4) is 0 Å². The SMILES string of the molecule is COc1ccccc1C(=O)NCC(CCOC(C)=O)(CCOC(C)=O)c1ccccc1. The summed E-state index contributed by atoms with van der Waals surface area (Å²) >= 11 is 0. The fraction of sp³-hybridized carbons (Fsp3) is 0.375. The quantitative estimate of drug-likeness (QED) is 0.554. The highest BCUT2D eigenvalue weighted by Crippen LogP contribution is 2.32. The Kier molecular flexibility index (Phi) is 9.06. The number of carbonyl (C=O) groups excluding carboxylic acids is 3. The van der Waals surface area contributed by atoms with Gasteiger partial charge in [0.1, 0.15) is 5.75 Å². The van der Waals surface area contributed by atoms with Gasteiger partial charge in [0.15, 0.2) is 0 Å². The molecule has 0 saturated heterocycles. The molecule has 0 spiro atoms. The fourth-order valence-electron chi connectivity index (χ4n) is 3.44. The van der Waals surface area contributed by atoms with Gasteiger partial charge < -0.3 is 19.5 Å². The molecule has 0 unspecified atom stereocenters. The number of hydrogen-bond donors (Lipinski definition) is 1. The van der Waals surface area contributed by atoms with Gasteiger partial charge in [-0.25, -0.2) is 0 Å². The van der Waals surface area contributed by atoms with Crippen molar-refractivity contribution in [3.63, 3.8) is 0 Å². The van der Waals surface area contributed by atoms with Gasteiger partial charge in [-0.05, 0) is 30.5 Å². The van der Waals surface area contributed by atoms with Crippen LogP contribution in [-0.2, 0) is 24.5 Å². The van der Waals surface area contributed by atoms with E-state index in [4.69, 9.17) is 14.2 Å². The van der Waals surface area contributed by atoms with Gasteiger partial charge in [-0.3, -0.25) is 14.4 Å². The van der Waals surface area contributed by atoms with Gasteiger partial charge in [-0.1, -0.05) is 42.5 Å². The molecule has 1 amide bonds. The van der Waals surface area contributed by atoms with Crippen LogP contribution in [0.25, 0.3) is 0 Å². The van der Waals surface area contributed by atoms with Crippen molar-refractivity contribution >= 4 is 17.8 Å². The Hall–Kier alpha value is -3.35. The first-order chi connectivity index (χ1) is 14.9. The van der Waals surface area contributed by atoms with Crippen molar-refractivity contribution < 1.29 is 28.6 Å². The summed E-state index contributed by atoms with van der Waals surface area (Å²) in [6, 6.07) is 16.6. The first-order valence-electron chi connectivity index (χ1n) is 10.1. The summed E-state index contributed by atoms with van der Waals surface area (Å²) in [7, 11) is 1.51. The van der Waals surface area contributed by atoms with Crippen molar-refractivity contribution in [2.24, 2.45) is 0 Å². The normalized spacial score (nSPS) is 10.8. The molecule has 7 nitrogen and oxygen atoms in total. The predicted molar refractivity (Wildman–Crippen MR) is 116 cm³/mol. The van der Waals surface area contributed by atoms with Crippen LogP contribution in [0.2, 0.25) is 0 Å². The second kappa shape index (κ2) is 11.7. The molecule has 0 fully saturated rings. The zero-order chi connectivity index (χ0) is 22.7. The van der Waals surface area contributed by atoms with Crippen LogP contribution in [0.4, 0.5) is 0 Å². The number of rotatable bonds is 11. The third kappa shape index (κ3) is 7.13. The van der Waals surface area contributed by atoms with E-state index in [0.717, 1.165) is 5.56 Å². The summed E-state index contributed by atoms with van der Waals surface area (Å²) in [5, 5.41) is 2.99. The van der Waals surface area contributed by atoms with Gasteiger partial charge in [-0.15, -0.1) is 0 Å². The minimum absolute atomic E-state index is 0.175. The van der Waals surface area contributed by atoms with Crippen molar-refractivity contribution in [1.82, 2.24) is 5.32 Å². The lowest BCUT2D eigenvalue weighted by Crippen LogP contribution is -2.43. The van der Waals surface area contributed by atoms with Gasteiger partial charge in [0.2, 0.25) is 0 Å². The van der Waals surface area contributed by atoms with Crippen molar-refractivity contribution in [3.05, 3.63) is 65.7 Å². The molecule has 0 aromatic heterocycles. The van der Waals surface area contributed by atoms with E-state index in [1.54, 1.807) is 24.3 Å². The Balaban J connectivity index is 2.29. The molecule has 0 radical (unpaired) electrons. The molecule has 7 heteroatoms. The van der Waals surface area contributed by atoms with Gasteiger partial charge in [0, 0.05) is 25.8 Å². The number of methoxy groups -OCH3 is 1. The maximum Gasteiger partial charge on any atom is 0.302 e. The molecule has 0 aliphatic carbocycles. The molecule has 0 bridgehead atoms. The Bertz CT molecular complexity index is 861. The van der Waals surface area contributed by atoms with E-state index in [2.05, 4.69) is 5.32 Å². The monoisotopic (exact) mass is 427 g/mol. The molecule has 0 saturated carbocycles. The van der Waals surface area contributed by atoms with Crippen LogP contribution in [0.5, 0.6) is 5.75 Å². The number of para-hydroxylation sites is 1. The smallest absolute Gasteiger partial charge is 0.302 e. The molecule has 2 aromatic carbocycles. The first-order valence-corrected chi connectivity index (χ1v) is 10.1. The zero-order valence-electron chi connectivity index (χ0n) is 18.2. The predicted octanol–water partition coefficient (Wildman–Crippen LogP) is 3.27. The summed E-state index contributed by atoms with van der Waals surface area (Å²) in [5.41, 5.74) is 0.769. The van der Waals surface area contributed by atoms with Crippen LogP contribution < -0.4 is 10.1 Å². The highest BCUT2D eigenvalue weighted by molar-refractivity contribution is 5.97. The van der Waals surface area contributed by atoms with E-state index in [1.165, 1.54) is 21.0 Å². The highest BCUT2D eigenvalue weighted by atomic mass is 16.5. The van der Waals surface area contributed by atoms with Crippen molar-refractivity contribution in [3.8, 4) is 5.75 Å². The van der Waals surface area contributed by atoms with Crippen molar-refractivity contribution in [2.75, 3.05) is 26.9 Å². The first kappa shape index (κ1) is 23.9. The molecule has 0 aliphatic heterocycles. The van der Waals surface area contributed by atoms with Gasteiger partial charge in [-0.2, -0.15) is 0 Å². The summed E-state index contributed by atoms with van der Waals surface area (Å²) in [6.45, 7) is 3.32. The third-order valence-corrected chi connectivity index (χ3v) is 5.10. The van der Waals surface area contributed by atoms with Gasteiger partial charge in [0.25, 0.3) is 5.91 Å². The van der Waals surface area contributed by atoms with E-state index in [1.807, 2.05) is 30.3 Å². The maximum absolute atomic E-state index is 12.9. The minimum Gasteiger partial charge on any atom is -0.496 e. The van der Waals surface area contributed by atoms with E-state index < -0.39 is 5.41 Å². The van der Waals surface area contributed by atoms with Crippen LogP contribution in [0, 0.1) is 0 Å². The summed E-state index contributed by atoms with van der Waals surface area (Å²) < 4.78 is 15.7. The van der Waals surface area contributed by atoms with Crippen LogP contribution in [0.1, 0.15) is 42.6 Å². The molecule has 0 atom stereocenters. The second-order valence-corrected chi connectivity index (χ2v) is 7.21. The van der Waals surface area contributed by atoms with Crippen LogP contribution in [-0.4, -0.2) is 44.7 Å². The fourth-order valence-corrected chi connectivity index (χ4v) is 3.44. The van der Waals surface area contributed by atoms with E-state index in [0.29, 0.717) is 24.2 Å². The molecular formula is C24H29NO6. The molecule has 1 N–H and O–H groups in total. The molecule has 2 aromatic rings. The number of ether oxygens (including phenoxy) is 3.